The molecule has 2 unspecified atom stereocenters. The molecule has 102 valence electrons. The maximum absolute atomic E-state index is 2.44. The van der Waals surface area contributed by atoms with Crippen molar-refractivity contribution < 1.29 is 0 Å². The molecule has 0 rings (SSSR count). The highest BCUT2D eigenvalue weighted by Gasteiger charge is 2.23. The Balaban J connectivity index is 4.60. The van der Waals surface area contributed by atoms with Crippen molar-refractivity contribution in [2.24, 2.45) is 29.6 Å². The molecule has 0 aliphatic heterocycles. The first-order chi connectivity index (χ1) is 7.73. The third kappa shape index (κ3) is 7.63. The van der Waals surface area contributed by atoms with Crippen LogP contribution < -0.4 is 0 Å². The van der Waals surface area contributed by atoms with Gasteiger partial charge in [-0.1, -0.05) is 53.2 Å². The monoisotopic (exact) mass is 238 g/mol. The Labute approximate surface area is 110 Å². The van der Waals surface area contributed by atoms with Gasteiger partial charge in [-0.15, -0.1) is 0 Å². The van der Waals surface area contributed by atoms with Gasteiger partial charge in [-0.3, -0.25) is 0 Å². The van der Waals surface area contributed by atoms with Gasteiger partial charge in [0.1, 0.15) is 0 Å². The van der Waals surface area contributed by atoms with Gasteiger partial charge in [-0.2, -0.15) is 0 Å². The summed E-state index contributed by atoms with van der Waals surface area (Å²) in [5.74, 6) is 4.03. The van der Waals surface area contributed by atoms with Gasteiger partial charge >= 0.3 is 0 Å². The van der Waals surface area contributed by atoms with Crippen LogP contribution in [0.5, 0.6) is 0 Å². The molecule has 0 fully saturated rings. The normalized spacial score (nSPS) is 15.5. The molecule has 0 spiro atoms. The summed E-state index contributed by atoms with van der Waals surface area (Å²) < 4.78 is 0. The van der Waals surface area contributed by atoms with Gasteiger partial charge in [-0.25, -0.2) is 0 Å². The third-order valence-electron chi connectivity index (χ3n) is 3.72. The van der Waals surface area contributed by atoms with Crippen LogP contribution in [0, 0.1) is 29.6 Å². The molecule has 0 saturated carbocycles. The largest absolute Gasteiger partial charge is 0.0828 e. The summed E-state index contributed by atoms with van der Waals surface area (Å²) in [4.78, 5) is 0. The van der Waals surface area contributed by atoms with Crippen molar-refractivity contribution in [1.82, 2.24) is 0 Å². The highest BCUT2D eigenvalue weighted by Crippen LogP contribution is 2.32. The van der Waals surface area contributed by atoms with Crippen molar-refractivity contribution in [3.05, 3.63) is 11.6 Å². The van der Waals surface area contributed by atoms with Crippen LogP contribution in [0.15, 0.2) is 11.6 Å². The second kappa shape index (κ2) is 7.95. The maximum atomic E-state index is 2.44. The van der Waals surface area contributed by atoms with E-state index in [1.165, 1.54) is 18.4 Å². The van der Waals surface area contributed by atoms with Crippen LogP contribution in [0.1, 0.15) is 68.2 Å². The number of hydrogen-bond donors (Lipinski definition) is 0. The Morgan fingerprint density at radius 2 is 1.24 bits per heavy atom. The van der Waals surface area contributed by atoms with E-state index < -0.39 is 0 Å². The number of allylic oxidation sites excluding steroid dienone is 2. The van der Waals surface area contributed by atoms with Crippen molar-refractivity contribution in [3.8, 4) is 0 Å². The van der Waals surface area contributed by atoms with Gasteiger partial charge in [0.05, 0.1) is 0 Å². The summed E-state index contributed by atoms with van der Waals surface area (Å²) in [5, 5.41) is 0. The Bertz CT molecular complexity index is 208. The molecule has 0 N–H and O–H groups in total. The van der Waals surface area contributed by atoms with Crippen molar-refractivity contribution in [3.63, 3.8) is 0 Å². The lowest BCUT2D eigenvalue weighted by Gasteiger charge is -2.30. The summed E-state index contributed by atoms with van der Waals surface area (Å²) in [6, 6.07) is 0. The van der Waals surface area contributed by atoms with Crippen LogP contribution in [-0.4, -0.2) is 0 Å². The second-order valence-corrected chi connectivity index (χ2v) is 6.98. The van der Waals surface area contributed by atoms with E-state index in [0.717, 1.165) is 23.7 Å². The van der Waals surface area contributed by atoms with Crippen LogP contribution in [0.3, 0.4) is 0 Å². The van der Waals surface area contributed by atoms with Crippen LogP contribution >= 0.6 is 0 Å². The first kappa shape index (κ1) is 16.7. The van der Waals surface area contributed by atoms with Crippen molar-refractivity contribution in [2.45, 2.75) is 68.2 Å². The molecule has 0 amide bonds. The summed E-state index contributed by atoms with van der Waals surface area (Å²) in [5.41, 5.74) is 1.46. The van der Waals surface area contributed by atoms with Gasteiger partial charge in [0.15, 0.2) is 0 Å². The van der Waals surface area contributed by atoms with E-state index in [0.29, 0.717) is 5.92 Å². The van der Waals surface area contributed by atoms with Gasteiger partial charge in [0.25, 0.3) is 0 Å². The van der Waals surface area contributed by atoms with E-state index in [1.807, 2.05) is 0 Å². The van der Waals surface area contributed by atoms with Crippen LogP contribution in [0.4, 0.5) is 0 Å². The van der Waals surface area contributed by atoms with Crippen LogP contribution in [0.2, 0.25) is 0 Å². The lowest BCUT2D eigenvalue weighted by Crippen LogP contribution is -2.21. The van der Waals surface area contributed by atoms with Crippen molar-refractivity contribution in [2.75, 3.05) is 0 Å². The molecule has 0 aromatic rings. The summed E-state index contributed by atoms with van der Waals surface area (Å²) in [7, 11) is 0. The fourth-order valence-corrected chi connectivity index (χ4v) is 2.84. The molecule has 0 aliphatic rings. The average Bonchev–Trinajstić information content (AvgIpc) is 2.12. The van der Waals surface area contributed by atoms with E-state index in [-0.39, 0.29) is 0 Å². The predicted molar refractivity (Wildman–Crippen MR) is 80.2 cm³/mol. The molecule has 0 aliphatic carbocycles. The van der Waals surface area contributed by atoms with Crippen LogP contribution in [-0.2, 0) is 0 Å². The van der Waals surface area contributed by atoms with E-state index in [1.54, 1.807) is 0 Å². The van der Waals surface area contributed by atoms with Crippen molar-refractivity contribution in [1.29, 1.82) is 0 Å². The molecule has 17 heavy (non-hydrogen) atoms. The Morgan fingerprint density at radius 3 is 1.53 bits per heavy atom. The zero-order chi connectivity index (χ0) is 13.6. The molecule has 2 atom stereocenters. The fourth-order valence-electron chi connectivity index (χ4n) is 2.84. The molecule has 0 aromatic heterocycles. The minimum Gasteiger partial charge on any atom is -0.0828 e. The van der Waals surface area contributed by atoms with E-state index in [4.69, 9.17) is 0 Å². The molecule has 0 saturated heterocycles. The lowest BCUT2D eigenvalue weighted by molar-refractivity contribution is 0.219. The van der Waals surface area contributed by atoms with E-state index in [9.17, 15) is 0 Å². The third-order valence-corrected chi connectivity index (χ3v) is 3.72. The minimum atomic E-state index is 0.711. The minimum absolute atomic E-state index is 0.711. The fraction of sp³-hybridized carbons (Fsp3) is 0.882. The molecule has 0 aromatic carbocycles. The van der Waals surface area contributed by atoms with E-state index in [2.05, 4.69) is 61.5 Å². The smallest absolute Gasteiger partial charge is 0.0231 e. The predicted octanol–water partition coefficient (Wildman–Crippen LogP) is 5.93. The van der Waals surface area contributed by atoms with E-state index >= 15 is 0 Å². The Morgan fingerprint density at radius 1 is 0.824 bits per heavy atom. The van der Waals surface area contributed by atoms with Gasteiger partial charge in [0.2, 0.25) is 0 Å². The molecular formula is C17H34. The summed E-state index contributed by atoms with van der Waals surface area (Å²) >= 11 is 0. The summed E-state index contributed by atoms with van der Waals surface area (Å²) in [6.07, 6.45) is 5.19. The second-order valence-electron chi connectivity index (χ2n) is 6.98. The molecular weight excluding hydrogens is 204 g/mol. The highest BCUT2D eigenvalue weighted by atomic mass is 14.3. The Hall–Kier alpha value is -0.260. The van der Waals surface area contributed by atoms with Gasteiger partial charge < -0.3 is 0 Å². The van der Waals surface area contributed by atoms with Crippen LogP contribution in [0.25, 0.3) is 0 Å². The standard InChI is InChI=1S/C17H34/c1-12(2)9-15(7)16(8)17(10-13(3)4)11-14(5)6/h9,13-17H,10-11H2,1-8H3. The first-order valence-electron chi connectivity index (χ1n) is 7.39. The topological polar surface area (TPSA) is 0 Å². The highest BCUT2D eigenvalue weighted by molar-refractivity contribution is 4.98. The first-order valence-corrected chi connectivity index (χ1v) is 7.39. The molecule has 0 nitrogen and oxygen atoms in total. The lowest BCUT2D eigenvalue weighted by atomic mass is 9.75. The average molecular weight is 238 g/mol. The summed E-state index contributed by atoms with van der Waals surface area (Å²) in [6.45, 7) is 18.7. The molecule has 0 radical (unpaired) electrons. The van der Waals surface area contributed by atoms with Gasteiger partial charge in [0, 0.05) is 0 Å². The van der Waals surface area contributed by atoms with Gasteiger partial charge in [-0.05, 0) is 56.3 Å². The molecule has 0 heteroatoms. The number of rotatable bonds is 7. The maximum Gasteiger partial charge on any atom is -0.0231 e. The van der Waals surface area contributed by atoms with Crippen molar-refractivity contribution >= 4 is 0 Å². The zero-order valence-electron chi connectivity index (χ0n) is 13.4. The SMILES string of the molecule is CC(C)=CC(C)C(C)C(CC(C)C)CC(C)C. The Kier molecular flexibility index (Phi) is 7.83. The molecule has 0 bridgehead atoms. The number of hydrogen-bond acceptors (Lipinski definition) is 0. The quantitative estimate of drug-likeness (QED) is 0.482. The molecule has 0 heterocycles. The zero-order valence-corrected chi connectivity index (χ0v) is 13.4.